The van der Waals surface area contributed by atoms with E-state index in [0.717, 1.165) is 30.9 Å². The number of aromatic nitrogens is 1. The van der Waals surface area contributed by atoms with Crippen LogP contribution in [-0.2, 0) is 13.5 Å². The zero-order valence-electron chi connectivity index (χ0n) is 7.96. The first-order chi connectivity index (χ1) is 6.20. The van der Waals surface area contributed by atoms with E-state index in [1.807, 2.05) is 6.92 Å². The monoisotopic (exact) mass is 179 g/mol. The third-order valence-corrected chi connectivity index (χ3v) is 2.52. The Morgan fingerprint density at radius 3 is 3.08 bits per heavy atom. The fourth-order valence-electron chi connectivity index (χ4n) is 1.75. The van der Waals surface area contributed by atoms with Crippen molar-refractivity contribution in [3.8, 4) is 5.88 Å². The van der Waals surface area contributed by atoms with Crippen LogP contribution < -0.4 is 10.3 Å². The quantitative estimate of drug-likeness (QED) is 0.595. The number of ether oxygens (including phenoxy) is 1. The maximum atomic E-state index is 11.4. The van der Waals surface area contributed by atoms with E-state index in [1.165, 1.54) is 5.56 Å². The van der Waals surface area contributed by atoms with Crippen molar-refractivity contribution in [3.05, 3.63) is 27.5 Å². The molecule has 0 aromatic carbocycles. The molecule has 0 saturated heterocycles. The van der Waals surface area contributed by atoms with Gasteiger partial charge in [0.1, 0.15) is 0 Å². The summed E-state index contributed by atoms with van der Waals surface area (Å²) >= 11 is 0. The van der Waals surface area contributed by atoms with Gasteiger partial charge in [-0.15, -0.1) is 0 Å². The Morgan fingerprint density at radius 1 is 1.54 bits per heavy atom. The molecule has 0 spiro atoms. The fourth-order valence-corrected chi connectivity index (χ4v) is 1.75. The number of hydrogen-bond donors (Lipinski definition) is 0. The number of nitrogens with zero attached hydrogens (tertiary/aromatic N) is 1. The van der Waals surface area contributed by atoms with Gasteiger partial charge >= 0.3 is 0 Å². The lowest BCUT2D eigenvalue weighted by Crippen LogP contribution is -2.23. The van der Waals surface area contributed by atoms with Crippen LogP contribution in [0.2, 0.25) is 0 Å². The van der Waals surface area contributed by atoms with Crippen molar-refractivity contribution in [1.82, 2.24) is 4.57 Å². The van der Waals surface area contributed by atoms with Gasteiger partial charge in [0.25, 0.3) is 5.56 Å². The Morgan fingerprint density at radius 2 is 2.31 bits per heavy atom. The SMILES string of the molecule is Cc1cc(=O)n(C)c2c1CCCO2. The van der Waals surface area contributed by atoms with Crippen LogP contribution >= 0.6 is 0 Å². The molecule has 70 valence electrons. The molecule has 0 atom stereocenters. The molecule has 0 bridgehead atoms. The highest BCUT2D eigenvalue weighted by atomic mass is 16.5. The topological polar surface area (TPSA) is 31.2 Å². The molecule has 3 heteroatoms. The van der Waals surface area contributed by atoms with E-state index >= 15 is 0 Å². The van der Waals surface area contributed by atoms with Crippen LogP contribution in [0.1, 0.15) is 17.5 Å². The summed E-state index contributed by atoms with van der Waals surface area (Å²) in [4.78, 5) is 11.4. The van der Waals surface area contributed by atoms with Crippen LogP contribution in [0.3, 0.4) is 0 Å². The average Bonchev–Trinajstić information content (AvgIpc) is 2.15. The van der Waals surface area contributed by atoms with Crippen LogP contribution in [0.15, 0.2) is 10.9 Å². The summed E-state index contributed by atoms with van der Waals surface area (Å²) in [7, 11) is 1.76. The number of pyridine rings is 1. The number of rotatable bonds is 0. The molecule has 1 aliphatic heterocycles. The molecule has 1 aliphatic rings. The first-order valence-electron chi connectivity index (χ1n) is 4.52. The molecule has 1 aromatic heterocycles. The molecule has 0 aliphatic carbocycles. The van der Waals surface area contributed by atoms with Crippen molar-refractivity contribution < 1.29 is 4.74 Å². The predicted molar refractivity (Wildman–Crippen MR) is 50.2 cm³/mol. The van der Waals surface area contributed by atoms with Gasteiger partial charge in [-0.1, -0.05) is 0 Å². The van der Waals surface area contributed by atoms with Crippen LogP contribution in [0, 0.1) is 6.92 Å². The summed E-state index contributed by atoms with van der Waals surface area (Å²) < 4.78 is 7.06. The van der Waals surface area contributed by atoms with Gasteiger partial charge < -0.3 is 4.74 Å². The first kappa shape index (κ1) is 8.35. The Hall–Kier alpha value is -1.25. The number of fused-ring (bicyclic) bond motifs is 1. The average molecular weight is 179 g/mol. The summed E-state index contributed by atoms with van der Waals surface area (Å²) in [5.41, 5.74) is 2.25. The molecule has 0 amide bonds. The second kappa shape index (κ2) is 2.91. The van der Waals surface area contributed by atoms with Crippen LogP contribution in [0.5, 0.6) is 5.88 Å². The third kappa shape index (κ3) is 1.24. The summed E-state index contributed by atoms with van der Waals surface area (Å²) in [5, 5.41) is 0. The molecule has 0 fully saturated rings. The van der Waals surface area contributed by atoms with Gasteiger partial charge in [-0.3, -0.25) is 9.36 Å². The van der Waals surface area contributed by atoms with E-state index in [1.54, 1.807) is 17.7 Å². The predicted octanol–water partition coefficient (Wildman–Crippen LogP) is 1.02. The second-order valence-electron chi connectivity index (χ2n) is 3.46. The normalized spacial score (nSPS) is 14.9. The van der Waals surface area contributed by atoms with Crippen molar-refractivity contribution in [1.29, 1.82) is 0 Å². The highest BCUT2D eigenvalue weighted by Gasteiger charge is 2.16. The zero-order chi connectivity index (χ0) is 9.42. The smallest absolute Gasteiger partial charge is 0.253 e. The molecule has 2 heterocycles. The van der Waals surface area contributed by atoms with E-state index in [0.29, 0.717) is 0 Å². The molecule has 0 N–H and O–H groups in total. The lowest BCUT2D eigenvalue weighted by atomic mass is 10.0. The Kier molecular flexibility index (Phi) is 1.87. The maximum Gasteiger partial charge on any atom is 0.253 e. The Balaban J connectivity index is 2.70. The summed E-state index contributed by atoms with van der Waals surface area (Å²) in [6.45, 7) is 2.69. The molecule has 0 radical (unpaired) electrons. The molecular weight excluding hydrogens is 166 g/mol. The van der Waals surface area contributed by atoms with Crippen molar-refractivity contribution in [3.63, 3.8) is 0 Å². The minimum Gasteiger partial charge on any atom is -0.479 e. The van der Waals surface area contributed by atoms with Crippen LogP contribution in [-0.4, -0.2) is 11.2 Å². The Bertz CT molecular complexity index is 393. The lowest BCUT2D eigenvalue weighted by Gasteiger charge is -2.20. The molecule has 1 aromatic rings. The largest absolute Gasteiger partial charge is 0.479 e. The van der Waals surface area contributed by atoms with Gasteiger partial charge in [0.2, 0.25) is 0 Å². The van der Waals surface area contributed by atoms with Crippen molar-refractivity contribution in [2.45, 2.75) is 19.8 Å². The zero-order valence-corrected chi connectivity index (χ0v) is 7.96. The minimum atomic E-state index is 0.0122. The van der Waals surface area contributed by atoms with Gasteiger partial charge in [-0.2, -0.15) is 0 Å². The minimum absolute atomic E-state index is 0.0122. The number of hydrogen-bond acceptors (Lipinski definition) is 2. The standard InChI is InChI=1S/C10H13NO2/c1-7-6-9(12)11(2)10-8(7)4-3-5-13-10/h6H,3-5H2,1-2H3. The lowest BCUT2D eigenvalue weighted by molar-refractivity contribution is 0.262. The highest BCUT2D eigenvalue weighted by molar-refractivity contribution is 5.35. The van der Waals surface area contributed by atoms with Crippen molar-refractivity contribution >= 4 is 0 Å². The van der Waals surface area contributed by atoms with E-state index in [2.05, 4.69) is 0 Å². The van der Waals surface area contributed by atoms with Gasteiger partial charge in [-0.05, 0) is 25.3 Å². The van der Waals surface area contributed by atoms with E-state index in [9.17, 15) is 4.79 Å². The molecule has 2 rings (SSSR count). The van der Waals surface area contributed by atoms with Gasteiger partial charge in [-0.25, -0.2) is 0 Å². The third-order valence-electron chi connectivity index (χ3n) is 2.52. The van der Waals surface area contributed by atoms with E-state index < -0.39 is 0 Å². The van der Waals surface area contributed by atoms with Gasteiger partial charge in [0.05, 0.1) is 6.61 Å². The number of aryl methyl sites for hydroxylation is 1. The Labute approximate surface area is 77.0 Å². The molecule has 3 nitrogen and oxygen atoms in total. The second-order valence-corrected chi connectivity index (χ2v) is 3.46. The molecular formula is C10H13NO2. The fraction of sp³-hybridized carbons (Fsp3) is 0.500. The van der Waals surface area contributed by atoms with E-state index in [-0.39, 0.29) is 5.56 Å². The van der Waals surface area contributed by atoms with Crippen LogP contribution in [0.25, 0.3) is 0 Å². The summed E-state index contributed by atoms with van der Waals surface area (Å²) in [6.07, 6.45) is 2.07. The molecule has 13 heavy (non-hydrogen) atoms. The molecule has 0 unspecified atom stereocenters. The van der Waals surface area contributed by atoms with Gasteiger partial charge in [0, 0.05) is 18.7 Å². The van der Waals surface area contributed by atoms with E-state index in [4.69, 9.17) is 4.74 Å². The van der Waals surface area contributed by atoms with Crippen molar-refractivity contribution in [2.75, 3.05) is 6.61 Å². The highest BCUT2D eigenvalue weighted by Crippen LogP contribution is 2.24. The van der Waals surface area contributed by atoms with Crippen LogP contribution in [0.4, 0.5) is 0 Å². The summed E-state index contributed by atoms with van der Waals surface area (Å²) in [5.74, 6) is 0.760. The first-order valence-corrected chi connectivity index (χ1v) is 4.52. The molecule has 0 saturated carbocycles. The van der Waals surface area contributed by atoms with Crippen molar-refractivity contribution in [2.24, 2.45) is 7.05 Å². The van der Waals surface area contributed by atoms with Gasteiger partial charge in [0.15, 0.2) is 5.88 Å². The maximum absolute atomic E-state index is 11.4. The summed E-state index contributed by atoms with van der Waals surface area (Å²) in [6, 6.07) is 1.67.